The number of pyridine rings is 1. The molecule has 9 nitrogen and oxygen atoms in total. The molecule has 2 aliphatic heterocycles. The largest absolute Gasteiger partial charge is 0.341 e. The molecular weight excluding hydrogens is 698 g/mol. The normalized spacial score (nSPS) is 25.2. The minimum atomic E-state index is -2.78. The van der Waals surface area contributed by atoms with E-state index in [1.54, 1.807) is 6.33 Å². The Hall–Kier alpha value is -4.52. The van der Waals surface area contributed by atoms with Crippen LogP contribution in [0.25, 0.3) is 22.3 Å². The molecule has 2 aromatic carbocycles. The molecule has 0 unspecified atom stereocenters. The fourth-order valence-electron chi connectivity index (χ4n) is 9.44. The van der Waals surface area contributed by atoms with Crippen LogP contribution in [0.5, 0.6) is 0 Å². The summed E-state index contributed by atoms with van der Waals surface area (Å²) in [6.07, 6.45) is 4.88. The van der Waals surface area contributed by atoms with Gasteiger partial charge in [-0.1, -0.05) is 12.1 Å². The van der Waals surface area contributed by atoms with Gasteiger partial charge < -0.3 is 20.1 Å². The third-order valence-corrected chi connectivity index (χ3v) is 13.0. The first-order valence-corrected chi connectivity index (χ1v) is 19.1. The minimum absolute atomic E-state index is 0.0722. The van der Waals surface area contributed by atoms with E-state index in [4.69, 9.17) is 4.98 Å². The summed E-state index contributed by atoms with van der Waals surface area (Å²) in [5.74, 6) is -2.33. The van der Waals surface area contributed by atoms with Crippen LogP contribution in [-0.4, -0.2) is 67.9 Å². The van der Waals surface area contributed by atoms with Gasteiger partial charge in [0.15, 0.2) is 17.5 Å². The zero-order chi connectivity index (χ0) is 38.0. The van der Waals surface area contributed by atoms with Crippen molar-refractivity contribution in [2.45, 2.75) is 121 Å². The molecule has 2 bridgehead atoms. The highest BCUT2D eigenvalue weighted by Gasteiger charge is 2.53. The highest BCUT2D eigenvalue weighted by molar-refractivity contribution is 6.09. The van der Waals surface area contributed by atoms with E-state index in [2.05, 4.69) is 20.5 Å². The summed E-state index contributed by atoms with van der Waals surface area (Å²) in [7, 11) is 0. The molecular formula is C41H45F4N7O2. The maximum atomic E-state index is 15.7. The fraction of sp³-hybridized carbons (Fsp3) is 0.512. The van der Waals surface area contributed by atoms with Crippen LogP contribution < -0.4 is 15.5 Å². The SMILES string of the molecule is Cc1c(C(=O)NC2(C(F)F)CC2)cc(Nc2nc(-c3ccc4c(c3)N(C3CC(N5C[C@H]6CC[C@@H]5C6)C3)C(=O)C4(C)C)cc3ncn(C(C)C)c23)c(F)c1F. The molecule has 4 heterocycles. The molecule has 284 valence electrons. The molecule has 2 aromatic heterocycles. The van der Waals surface area contributed by atoms with E-state index in [9.17, 15) is 18.4 Å². The Kier molecular flexibility index (Phi) is 7.98. The number of anilines is 3. The van der Waals surface area contributed by atoms with Gasteiger partial charge in [-0.05, 0) is 109 Å². The number of hydrogen-bond acceptors (Lipinski definition) is 6. The number of imidazole rings is 1. The molecule has 5 aliphatic rings. The van der Waals surface area contributed by atoms with Crippen molar-refractivity contribution >= 4 is 40.0 Å². The van der Waals surface area contributed by atoms with Crippen LogP contribution in [0.3, 0.4) is 0 Å². The molecule has 54 heavy (non-hydrogen) atoms. The molecule has 3 saturated carbocycles. The number of piperidine rings is 1. The minimum Gasteiger partial charge on any atom is -0.341 e. The van der Waals surface area contributed by atoms with Gasteiger partial charge in [0.1, 0.15) is 11.1 Å². The number of alkyl halides is 2. The number of benzene rings is 2. The molecule has 4 aromatic rings. The lowest BCUT2D eigenvalue weighted by atomic mass is 9.82. The van der Waals surface area contributed by atoms with E-state index < -0.39 is 34.9 Å². The highest BCUT2D eigenvalue weighted by Crippen LogP contribution is 2.50. The first kappa shape index (κ1) is 35.2. The van der Waals surface area contributed by atoms with Crippen molar-refractivity contribution in [3.63, 3.8) is 0 Å². The van der Waals surface area contributed by atoms with Crippen molar-refractivity contribution in [1.29, 1.82) is 0 Å². The Labute approximate surface area is 311 Å². The smallest absolute Gasteiger partial charge is 0.261 e. The fourth-order valence-corrected chi connectivity index (χ4v) is 9.44. The van der Waals surface area contributed by atoms with Crippen molar-refractivity contribution in [3.8, 4) is 11.3 Å². The van der Waals surface area contributed by atoms with Gasteiger partial charge in [0.2, 0.25) is 5.91 Å². The summed E-state index contributed by atoms with van der Waals surface area (Å²) < 4.78 is 60.3. The summed E-state index contributed by atoms with van der Waals surface area (Å²) in [6.45, 7) is 10.3. The average Bonchev–Trinajstić information content (AvgIpc) is 3.40. The zero-order valence-electron chi connectivity index (χ0n) is 31.1. The van der Waals surface area contributed by atoms with Crippen molar-refractivity contribution in [1.82, 2.24) is 24.8 Å². The summed E-state index contributed by atoms with van der Waals surface area (Å²) in [5, 5.41) is 5.30. The van der Waals surface area contributed by atoms with Crippen LogP contribution in [0.1, 0.15) is 100 Å². The first-order valence-electron chi connectivity index (χ1n) is 19.1. The number of amides is 2. The number of nitrogens with zero attached hydrogens (tertiary/aromatic N) is 5. The Bertz CT molecular complexity index is 2220. The molecule has 13 heteroatoms. The Balaban J connectivity index is 1.07. The predicted octanol–water partition coefficient (Wildman–Crippen LogP) is 8.18. The monoisotopic (exact) mass is 743 g/mol. The lowest BCUT2D eigenvalue weighted by Gasteiger charge is -2.48. The van der Waals surface area contributed by atoms with Crippen molar-refractivity contribution in [2.75, 3.05) is 16.8 Å². The predicted molar refractivity (Wildman–Crippen MR) is 198 cm³/mol. The quantitative estimate of drug-likeness (QED) is 0.168. The van der Waals surface area contributed by atoms with E-state index in [-0.39, 0.29) is 53.5 Å². The molecule has 3 aliphatic carbocycles. The molecule has 0 spiro atoms. The Morgan fingerprint density at radius 3 is 2.39 bits per heavy atom. The Morgan fingerprint density at radius 2 is 1.74 bits per heavy atom. The molecule has 0 radical (unpaired) electrons. The zero-order valence-corrected chi connectivity index (χ0v) is 31.1. The summed E-state index contributed by atoms with van der Waals surface area (Å²) in [5.41, 5.74) is 0.838. The third-order valence-electron chi connectivity index (χ3n) is 13.0. The number of halogens is 4. The van der Waals surface area contributed by atoms with Crippen LogP contribution in [-0.2, 0) is 10.2 Å². The maximum absolute atomic E-state index is 15.7. The Morgan fingerprint density at radius 1 is 0.981 bits per heavy atom. The van der Waals surface area contributed by atoms with Crippen molar-refractivity contribution < 1.29 is 27.2 Å². The molecule has 2 atom stereocenters. The van der Waals surface area contributed by atoms with E-state index >= 15 is 8.78 Å². The van der Waals surface area contributed by atoms with E-state index in [0.717, 1.165) is 41.6 Å². The number of carbonyl (C=O) groups excluding carboxylic acids is 2. The van der Waals surface area contributed by atoms with E-state index in [0.29, 0.717) is 28.8 Å². The van der Waals surface area contributed by atoms with Gasteiger partial charge in [-0.15, -0.1) is 0 Å². The van der Waals surface area contributed by atoms with Crippen molar-refractivity contribution in [2.24, 2.45) is 5.92 Å². The van der Waals surface area contributed by atoms with Crippen molar-refractivity contribution in [3.05, 3.63) is 65.0 Å². The van der Waals surface area contributed by atoms with Crippen LogP contribution in [0, 0.1) is 24.5 Å². The highest BCUT2D eigenvalue weighted by atomic mass is 19.3. The van der Waals surface area contributed by atoms with Gasteiger partial charge >= 0.3 is 0 Å². The summed E-state index contributed by atoms with van der Waals surface area (Å²) in [4.78, 5) is 41.5. The first-order chi connectivity index (χ1) is 25.7. The van der Waals surface area contributed by atoms with Crippen LogP contribution in [0.4, 0.5) is 34.8 Å². The van der Waals surface area contributed by atoms with Crippen LogP contribution >= 0.6 is 0 Å². The second kappa shape index (κ2) is 12.2. The van der Waals surface area contributed by atoms with Gasteiger partial charge in [-0.3, -0.25) is 14.5 Å². The lowest BCUT2D eigenvalue weighted by molar-refractivity contribution is -0.123. The number of aromatic nitrogens is 3. The number of carbonyl (C=O) groups is 2. The average molecular weight is 744 g/mol. The molecule has 2 amide bonds. The lowest BCUT2D eigenvalue weighted by Crippen LogP contribution is -2.57. The summed E-state index contributed by atoms with van der Waals surface area (Å²) in [6, 6.07) is 10.1. The molecule has 2 N–H and O–H groups in total. The summed E-state index contributed by atoms with van der Waals surface area (Å²) >= 11 is 0. The third kappa shape index (κ3) is 5.35. The molecule has 1 saturated heterocycles. The van der Waals surface area contributed by atoms with Gasteiger partial charge in [0, 0.05) is 53.1 Å². The second-order valence-corrected chi connectivity index (χ2v) is 17.1. The molecule has 9 rings (SSSR count). The van der Waals surface area contributed by atoms with Crippen LogP contribution in [0.2, 0.25) is 0 Å². The number of likely N-dealkylation sites (tertiary alicyclic amines) is 1. The van der Waals surface area contributed by atoms with Gasteiger partial charge in [-0.25, -0.2) is 27.5 Å². The van der Waals surface area contributed by atoms with E-state index in [1.807, 2.05) is 61.4 Å². The topological polar surface area (TPSA) is 95.4 Å². The van der Waals surface area contributed by atoms with Gasteiger partial charge in [0.05, 0.1) is 28.6 Å². The number of fused-ring (bicyclic) bond motifs is 4. The number of nitrogens with one attached hydrogen (secondary N) is 2. The van der Waals surface area contributed by atoms with Gasteiger partial charge in [0.25, 0.3) is 12.3 Å². The standard InChI is InChI=1S/C41H45F4N7O2/c1-20(2)51-19-46-31-17-29(47-36(35(31)51)48-30-16-27(21(3)33(42)34(30)43)37(53)49-41(10-11-41)38(44)45)23-7-9-28-32(13-23)52(39(54)40(28,4)5)26-14-25(15-26)50-18-22-6-8-24(50)12-22/h7,9,13,16-17,19-20,22,24-26,38H,6,8,10-12,14-15,18H2,1-5H3,(H,47,48)(H,49,53)/t22-,24+,25?,26?/m0/s1. The van der Waals surface area contributed by atoms with E-state index in [1.165, 1.54) is 32.7 Å². The van der Waals surface area contributed by atoms with Crippen LogP contribution in [0.15, 0.2) is 36.7 Å². The van der Waals surface area contributed by atoms with Gasteiger partial charge in [-0.2, -0.15) is 0 Å². The number of rotatable bonds is 9. The molecule has 4 fully saturated rings. The second-order valence-electron chi connectivity index (χ2n) is 17.1. The maximum Gasteiger partial charge on any atom is 0.261 e. The number of hydrogen-bond donors (Lipinski definition) is 2.